The summed E-state index contributed by atoms with van der Waals surface area (Å²) in [5.74, 6) is 0.980. The molecule has 0 saturated carbocycles. The number of hydrogen-bond donors (Lipinski definition) is 0. The minimum Gasteiger partial charge on any atom is -0.492 e. The van der Waals surface area contributed by atoms with E-state index in [1.54, 1.807) is 0 Å². The molecule has 0 N–H and O–H groups in total. The van der Waals surface area contributed by atoms with Crippen LogP contribution in [0.5, 0.6) is 5.75 Å². The van der Waals surface area contributed by atoms with Crippen molar-refractivity contribution >= 4 is 22.0 Å². The molecular formula is C17H22BrNO3. The summed E-state index contributed by atoms with van der Waals surface area (Å²) in [6.45, 7) is 7.83. The number of benzene rings is 1. The zero-order valence-electron chi connectivity index (χ0n) is 13.3. The van der Waals surface area contributed by atoms with Gasteiger partial charge in [-0.3, -0.25) is 0 Å². The average Bonchev–Trinajstić information content (AvgIpc) is 2.76. The van der Waals surface area contributed by atoms with Crippen molar-refractivity contribution in [1.29, 1.82) is 0 Å². The Morgan fingerprint density at radius 2 is 2.00 bits per heavy atom. The summed E-state index contributed by atoms with van der Waals surface area (Å²) in [5, 5.41) is 0. The number of halogens is 1. The van der Waals surface area contributed by atoms with E-state index in [2.05, 4.69) is 22.0 Å². The molecule has 1 spiro atoms. The quantitative estimate of drug-likeness (QED) is 0.692. The largest absolute Gasteiger partial charge is 0.492 e. The van der Waals surface area contributed by atoms with Crippen molar-refractivity contribution in [2.24, 2.45) is 0 Å². The van der Waals surface area contributed by atoms with Crippen molar-refractivity contribution in [2.75, 3.05) is 19.7 Å². The zero-order chi connectivity index (χ0) is 16.0. The number of rotatable bonds is 0. The van der Waals surface area contributed by atoms with Gasteiger partial charge >= 0.3 is 6.09 Å². The molecule has 2 aliphatic heterocycles. The van der Waals surface area contributed by atoms with Crippen LogP contribution in [0.25, 0.3) is 0 Å². The van der Waals surface area contributed by atoms with Crippen LogP contribution >= 0.6 is 15.9 Å². The molecule has 0 aliphatic carbocycles. The highest BCUT2D eigenvalue weighted by atomic mass is 79.9. The Kier molecular flexibility index (Phi) is 3.87. The van der Waals surface area contributed by atoms with Gasteiger partial charge in [0.25, 0.3) is 0 Å². The summed E-state index contributed by atoms with van der Waals surface area (Å²) in [6.07, 6.45) is 1.61. The molecule has 1 fully saturated rings. The lowest BCUT2D eigenvalue weighted by atomic mass is 9.74. The van der Waals surface area contributed by atoms with Gasteiger partial charge in [-0.2, -0.15) is 0 Å². The molecule has 1 aromatic rings. The Hall–Kier alpha value is -1.23. The van der Waals surface area contributed by atoms with E-state index in [-0.39, 0.29) is 11.5 Å². The summed E-state index contributed by atoms with van der Waals surface area (Å²) >= 11 is 3.54. The zero-order valence-corrected chi connectivity index (χ0v) is 14.9. The first-order chi connectivity index (χ1) is 10.3. The molecule has 22 heavy (non-hydrogen) atoms. The van der Waals surface area contributed by atoms with Gasteiger partial charge < -0.3 is 14.4 Å². The van der Waals surface area contributed by atoms with Crippen LogP contribution in [-0.2, 0) is 10.2 Å². The molecule has 120 valence electrons. The lowest BCUT2D eigenvalue weighted by Gasteiger charge is -2.38. The van der Waals surface area contributed by atoms with Crippen LogP contribution in [0, 0.1) is 0 Å². The highest BCUT2D eigenvalue weighted by Gasteiger charge is 2.44. The van der Waals surface area contributed by atoms with E-state index >= 15 is 0 Å². The number of piperidine rings is 1. The van der Waals surface area contributed by atoms with Crippen LogP contribution in [0.3, 0.4) is 0 Å². The van der Waals surface area contributed by atoms with Gasteiger partial charge in [0.05, 0.1) is 6.61 Å². The monoisotopic (exact) mass is 367 g/mol. The smallest absolute Gasteiger partial charge is 0.410 e. The Bertz CT molecular complexity index is 586. The molecule has 0 radical (unpaired) electrons. The van der Waals surface area contributed by atoms with Gasteiger partial charge in [0, 0.05) is 28.5 Å². The number of hydrogen-bond acceptors (Lipinski definition) is 3. The first-order valence-electron chi connectivity index (χ1n) is 7.70. The summed E-state index contributed by atoms with van der Waals surface area (Å²) < 4.78 is 12.4. The molecule has 5 heteroatoms. The third kappa shape index (κ3) is 2.96. The molecule has 1 saturated heterocycles. The fourth-order valence-corrected chi connectivity index (χ4v) is 3.55. The molecule has 0 aromatic heterocycles. The van der Waals surface area contributed by atoms with Gasteiger partial charge in [-0.05, 0) is 51.8 Å². The average molecular weight is 368 g/mol. The van der Waals surface area contributed by atoms with E-state index in [9.17, 15) is 4.79 Å². The summed E-state index contributed by atoms with van der Waals surface area (Å²) in [7, 11) is 0. The molecule has 1 aromatic carbocycles. The van der Waals surface area contributed by atoms with Crippen LogP contribution in [0.2, 0.25) is 0 Å². The first kappa shape index (κ1) is 15.7. The van der Waals surface area contributed by atoms with E-state index in [0.29, 0.717) is 19.7 Å². The van der Waals surface area contributed by atoms with Gasteiger partial charge in [-0.25, -0.2) is 4.79 Å². The molecule has 4 nitrogen and oxygen atoms in total. The maximum atomic E-state index is 12.2. The number of ether oxygens (including phenoxy) is 2. The van der Waals surface area contributed by atoms with E-state index in [4.69, 9.17) is 9.47 Å². The second-order valence-corrected chi connectivity index (χ2v) is 8.09. The van der Waals surface area contributed by atoms with Crippen LogP contribution in [0.15, 0.2) is 22.7 Å². The fraction of sp³-hybridized carbons (Fsp3) is 0.588. The number of fused-ring (bicyclic) bond motifs is 2. The van der Waals surface area contributed by atoms with Crippen molar-refractivity contribution in [3.63, 3.8) is 0 Å². The minimum absolute atomic E-state index is 0.0393. The second kappa shape index (κ2) is 5.44. The molecular weight excluding hydrogens is 346 g/mol. The second-order valence-electron chi connectivity index (χ2n) is 7.18. The first-order valence-corrected chi connectivity index (χ1v) is 8.49. The van der Waals surface area contributed by atoms with Crippen LogP contribution in [0.4, 0.5) is 4.79 Å². The van der Waals surface area contributed by atoms with Gasteiger partial charge in [0.15, 0.2) is 0 Å². The van der Waals surface area contributed by atoms with Gasteiger partial charge in [0.1, 0.15) is 11.4 Å². The highest BCUT2D eigenvalue weighted by molar-refractivity contribution is 9.10. The van der Waals surface area contributed by atoms with E-state index in [1.165, 1.54) is 5.56 Å². The predicted octanol–water partition coefficient (Wildman–Crippen LogP) is 4.11. The molecule has 0 bridgehead atoms. The van der Waals surface area contributed by atoms with E-state index < -0.39 is 5.60 Å². The van der Waals surface area contributed by atoms with Crippen molar-refractivity contribution in [2.45, 2.75) is 44.6 Å². The SMILES string of the molecule is CC(C)(C)OC(=O)N1CCC2(CC1)COc1ccc(Br)cc12. The van der Waals surface area contributed by atoms with Gasteiger partial charge in [-0.1, -0.05) is 15.9 Å². The maximum Gasteiger partial charge on any atom is 0.410 e. The van der Waals surface area contributed by atoms with E-state index in [1.807, 2.05) is 37.8 Å². The number of likely N-dealkylation sites (tertiary alicyclic amines) is 1. The number of carbonyl (C=O) groups excluding carboxylic acids is 1. The Labute approximate surface area is 139 Å². The predicted molar refractivity (Wildman–Crippen MR) is 88.4 cm³/mol. The molecule has 0 unspecified atom stereocenters. The lowest BCUT2D eigenvalue weighted by molar-refractivity contribution is 0.0152. The normalized spacial score (nSPS) is 19.7. The molecule has 2 heterocycles. The molecule has 2 aliphatic rings. The summed E-state index contributed by atoms with van der Waals surface area (Å²) in [6, 6.07) is 6.19. The maximum absolute atomic E-state index is 12.2. The number of nitrogens with zero attached hydrogens (tertiary/aromatic N) is 1. The number of amides is 1. The molecule has 0 atom stereocenters. The Morgan fingerprint density at radius 3 is 2.64 bits per heavy atom. The van der Waals surface area contributed by atoms with Crippen molar-refractivity contribution in [1.82, 2.24) is 4.90 Å². The molecule has 1 amide bonds. The standard InChI is InChI=1S/C17H22BrNO3/c1-16(2,3)22-15(20)19-8-6-17(7-9-19)11-21-14-5-4-12(18)10-13(14)17/h4-5,10H,6-9,11H2,1-3H3. The Balaban J connectivity index is 1.71. The Morgan fingerprint density at radius 1 is 1.32 bits per heavy atom. The number of carbonyl (C=O) groups is 1. The fourth-order valence-electron chi connectivity index (χ4n) is 3.19. The van der Waals surface area contributed by atoms with Gasteiger partial charge in [-0.15, -0.1) is 0 Å². The van der Waals surface area contributed by atoms with Crippen molar-refractivity contribution in [3.8, 4) is 5.75 Å². The summed E-state index contributed by atoms with van der Waals surface area (Å²) in [5.41, 5.74) is 0.864. The third-order valence-electron chi connectivity index (χ3n) is 4.39. The van der Waals surface area contributed by atoms with Crippen molar-refractivity contribution < 1.29 is 14.3 Å². The van der Waals surface area contributed by atoms with Crippen LogP contribution < -0.4 is 4.74 Å². The highest BCUT2D eigenvalue weighted by Crippen LogP contribution is 2.46. The molecule has 3 rings (SSSR count). The van der Waals surface area contributed by atoms with Crippen molar-refractivity contribution in [3.05, 3.63) is 28.2 Å². The van der Waals surface area contributed by atoms with Crippen LogP contribution in [-0.4, -0.2) is 36.3 Å². The summed E-state index contributed by atoms with van der Waals surface area (Å²) in [4.78, 5) is 14.0. The third-order valence-corrected chi connectivity index (χ3v) is 4.88. The van der Waals surface area contributed by atoms with Crippen LogP contribution in [0.1, 0.15) is 39.2 Å². The lowest BCUT2D eigenvalue weighted by Crippen LogP contribution is -2.47. The van der Waals surface area contributed by atoms with Gasteiger partial charge in [0.2, 0.25) is 0 Å². The van der Waals surface area contributed by atoms with E-state index in [0.717, 1.165) is 23.1 Å². The topological polar surface area (TPSA) is 38.8 Å². The minimum atomic E-state index is -0.444.